The quantitative estimate of drug-likeness (QED) is 0.200. The van der Waals surface area contributed by atoms with Crippen LogP contribution in [0.25, 0.3) is 0 Å². The predicted octanol–water partition coefficient (Wildman–Crippen LogP) is 3.04. The molecule has 1 aliphatic rings. The first-order chi connectivity index (χ1) is 18.4. The van der Waals surface area contributed by atoms with Gasteiger partial charge in [-0.25, -0.2) is 9.69 Å². The van der Waals surface area contributed by atoms with Gasteiger partial charge in [0.2, 0.25) is 5.91 Å². The van der Waals surface area contributed by atoms with E-state index in [9.17, 15) is 24.0 Å². The number of benzene rings is 1. The van der Waals surface area contributed by atoms with Crippen LogP contribution in [-0.4, -0.2) is 77.1 Å². The van der Waals surface area contributed by atoms with Crippen LogP contribution in [0.5, 0.6) is 0 Å². The Labute approximate surface area is 229 Å². The number of imide groups is 1. The Morgan fingerprint density at radius 2 is 1.77 bits per heavy atom. The Morgan fingerprint density at radius 3 is 2.36 bits per heavy atom. The number of hydrogen-bond acceptors (Lipinski definition) is 9. The van der Waals surface area contributed by atoms with E-state index in [2.05, 4.69) is 0 Å². The summed E-state index contributed by atoms with van der Waals surface area (Å²) in [5.74, 6) is -4.00. The minimum Gasteiger partial charge on any atom is -0.453 e. The van der Waals surface area contributed by atoms with Gasteiger partial charge in [0.15, 0.2) is 17.7 Å². The summed E-state index contributed by atoms with van der Waals surface area (Å²) in [5, 5.41) is 8.73. The monoisotopic (exact) mass is 545 g/mol. The number of aliphatic hydroxyl groups excluding tert-OH is 1. The number of hydrogen-bond donors (Lipinski definition) is 1. The van der Waals surface area contributed by atoms with E-state index < -0.39 is 47.4 Å². The maximum Gasteiger partial charge on any atom is 0.417 e. The molecule has 1 aromatic carbocycles. The third-order valence-corrected chi connectivity index (χ3v) is 6.34. The molecule has 1 aromatic rings. The van der Waals surface area contributed by atoms with Crippen molar-refractivity contribution in [3.63, 3.8) is 0 Å². The van der Waals surface area contributed by atoms with E-state index in [1.807, 2.05) is 13.8 Å². The van der Waals surface area contributed by atoms with Crippen LogP contribution in [-0.2, 0) is 39.8 Å². The van der Waals surface area contributed by atoms with Crippen LogP contribution in [0.3, 0.4) is 0 Å². The first kappa shape index (κ1) is 31.8. The molecule has 1 N–H and O–H groups in total. The summed E-state index contributed by atoms with van der Waals surface area (Å²) in [4.78, 5) is 65.6. The van der Waals surface area contributed by atoms with Crippen molar-refractivity contribution >= 4 is 29.5 Å². The molecule has 0 bridgehead atoms. The molecule has 39 heavy (non-hydrogen) atoms. The van der Waals surface area contributed by atoms with Gasteiger partial charge in [0, 0.05) is 20.0 Å². The van der Waals surface area contributed by atoms with E-state index in [4.69, 9.17) is 19.3 Å². The highest BCUT2D eigenvalue weighted by atomic mass is 16.6. The highest BCUT2D eigenvalue weighted by molar-refractivity contribution is 6.05. The molecule has 0 unspecified atom stereocenters. The van der Waals surface area contributed by atoms with Crippen molar-refractivity contribution in [2.75, 3.05) is 19.8 Å². The summed E-state index contributed by atoms with van der Waals surface area (Å²) in [5.41, 5.74) is -0.275. The first-order valence-electron chi connectivity index (χ1n) is 13.1. The van der Waals surface area contributed by atoms with Gasteiger partial charge < -0.3 is 19.3 Å². The van der Waals surface area contributed by atoms with Crippen molar-refractivity contribution in [1.82, 2.24) is 4.90 Å². The molecule has 0 aromatic heterocycles. The van der Waals surface area contributed by atoms with Crippen LogP contribution in [0.4, 0.5) is 4.79 Å². The third kappa shape index (κ3) is 9.11. The molecule has 0 spiro atoms. The van der Waals surface area contributed by atoms with Gasteiger partial charge in [-0.05, 0) is 50.3 Å². The van der Waals surface area contributed by atoms with Gasteiger partial charge in [0.25, 0.3) is 0 Å². The number of allylic oxidation sites excluding steroid dienone is 1. The maximum atomic E-state index is 14.0. The lowest BCUT2D eigenvalue weighted by Crippen LogP contribution is -2.53. The lowest BCUT2D eigenvalue weighted by atomic mass is 9.85. The number of nitrogens with zero attached hydrogens (tertiary/aromatic N) is 1. The minimum atomic E-state index is -1.57. The van der Waals surface area contributed by atoms with Crippen molar-refractivity contribution in [2.24, 2.45) is 11.8 Å². The van der Waals surface area contributed by atoms with Crippen molar-refractivity contribution in [1.29, 1.82) is 0 Å². The van der Waals surface area contributed by atoms with E-state index in [-0.39, 0.29) is 44.4 Å². The molecule has 10 nitrogen and oxygen atoms in total. The zero-order valence-electron chi connectivity index (χ0n) is 23.3. The Kier molecular flexibility index (Phi) is 12.0. The molecule has 3 atom stereocenters. The lowest BCUT2D eigenvalue weighted by molar-refractivity contribution is -0.159. The molecule has 1 heterocycles. The number of carbonyl (C=O) groups is 5. The summed E-state index contributed by atoms with van der Waals surface area (Å²) in [7, 11) is 0. The van der Waals surface area contributed by atoms with Crippen LogP contribution in [0, 0.1) is 11.8 Å². The second-order valence-electron chi connectivity index (χ2n) is 10.3. The number of esters is 1. The molecule has 10 heteroatoms. The summed E-state index contributed by atoms with van der Waals surface area (Å²) >= 11 is 0. The molecule has 0 aliphatic carbocycles. The molecule has 214 valence electrons. The molecule has 1 saturated heterocycles. The predicted molar refractivity (Wildman–Crippen MR) is 142 cm³/mol. The van der Waals surface area contributed by atoms with Crippen molar-refractivity contribution in [3.05, 3.63) is 48.0 Å². The topological polar surface area (TPSA) is 137 Å². The minimum absolute atomic E-state index is 0.00235. The number of rotatable bonds is 15. The first-order valence-corrected chi connectivity index (χ1v) is 13.1. The molecule has 1 aliphatic heterocycles. The molecule has 1 fully saturated rings. The molecule has 0 radical (unpaired) electrons. The Bertz CT molecular complexity index is 1050. The Morgan fingerprint density at radius 1 is 1.10 bits per heavy atom. The fourth-order valence-corrected chi connectivity index (χ4v) is 4.84. The third-order valence-electron chi connectivity index (χ3n) is 6.34. The second kappa shape index (κ2) is 14.7. The zero-order valence-corrected chi connectivity index (χ0v) is 23.3. The molecule has 2 amide bonds. The maximum absolute atomic E-state index is 14.0. The highest BCUT2D eigenvalue weighted by Gasteiger charge is 2.54. The highest BCUT2D eigenvalue weighted by Crippen LogP contribution is 2.36. The van der Waals surface area contributed by atoms with Crippen LogP contribution >= 0.6 is 0 Å². The molecule has 2 rings (SSSR count). The average Bonchev–Trinajstić information content (AvgIpc) is 3.12. The van der Waals surface area contributed by atoms with Crippen LogP contribution in [0.1, 0.15) is 53.0 Å². The van der Waals surface area contributed by atoms with Crippen molar-refractivity contribution < 1.29 is 43.3 Å². The SMILES string of the molecule is CC(=O)O[C@H](C(=O)C=CC(=O)CCCOCCO)[C@@H](Cc1ccccc1)C(=O)N1C(=O)OC(C)(C)[C@@H]1C(C)C. The smallest absolute Gasteiger partial charge is 0.417 e. The van der Waals surface area contributed by atoms with Crippen LogP contribution in [0.15, 0.2) is 42.5 Å². The number of ether oxygens (including phenoxy) is 3. The number of amides is 2. The Hall–Kier alpha value is -3.37. The van der Waals surface area contributed by atoms with Crippen LogP contribution in [0.2, 0.25) is 0 Å². The van der Waals surface area contributed by atoms with Gasteiger partial charge in [0.05, 0.1) is 25.2 Å². The van der Waals surface area contributed by atoms with E-state index in [1.54, 1.807) is 44.2 Å². The molecular formula is C29H39NO9. The van der Waals surface area contributed by atoms with Crippen molar-refractivity contribution in [2.45, 2.75) is 71.6 Å². The largest absolute Gasteiger partial charge is 0.453 e. The average molecular weight is 546 g/mol. The van der Waals surface area contributed by atoms with Gasteiger partial charge in [-0.3, -0.25) is 19.2 Å². The zero-order chi connectivity index (χ0) is 29.2. The normalized spacial score (nSPS) is 18.2. The number of carbonyl (C=O) groups excluding carboxylic acids is 5. The number of aliphatic hydroxyl groups is 1. The number of cyclic esters (lactones) is 1. The lowest BCUT2D eigenvalue weighted by Gasteiger charge is -2.34. The summed E-state index contributed by atoms with van der Waals surface area (Å²) in [6, 6.07) is 8.25. The van der Waals surface area contributed by atoms with E-state index >= 15 is 0 Å². The summed E-state index contributed by atoms with van der Waals surface area (Å²) in [6.07, 6.45) is 0.179. The Balaban J connectivity index is 2.38. The standard InChI is InChI=1S/C29H39NO9/c1-19(2)26-29(4,5)39-28(36)30(26)27(35)23(18-21-10-7-6-8-11-21)25(38-20(3)32)24(34)14-13-22(33)12-9-16-37-17-15-31/h6-8,10-11,13-14,19,23,25-26,31H,9,12,15-18H2,1-5H3/t23-,25+,26+/m1/s1. The molecule has 0 saturated carbocycles. The molecular weight excluding hydrogens is 506 g/mol. The van der Waals surface area contributed by atoms with E-state index in [0.717, 1.165) is 24.0 Å². The van der Waals surface area contributed by atoms with Gasteiger partial charge in [0.1, 0.15) is 5.60 Å². The van der Waals surface area contributed by atoms with Crippen molar-refractivity contribution in [3.8, 4) is 0 Å². The number of ketones is 2. The fourth-order valence-electron chi connectivity index (χ4n) is 4.84. The van der Waals surface area contributed by atoms with Gasteiger partial charge in [-0.1, -0.05) is 44.2 Å². The summed E-state index contributed by atoms with van der Waals surface area (Å²) in [6.45, 7) is 8.60. The van der Waals surface area contributed by atoms with Gasteiger partial charge >= 0.3 is 12.1 Å². The van der Waals surface area contributed by atoms with Gasteiger partial charge in [-0.15, -0.1) is 0 Å². The van der Waals surface area contributed by atoms with E-state index in [1.165, 1.54) is 0 Å². The fraction of sp³-hybridized carbons (Fsp3) is 0.552. The summed E-state index contributed by atoms with van der Waals surface area (Å²) < 4.78 is 16.0. The second-order valence-corrected chi connectivity index (χ2v) is 10.3. The van der Waals surface area contributed by atoms with Crippen LogP contribution < -0.4 is 0 Å². The van der Waals surface area contributed by atoms with E-state index in [0.29, 0.717) is 12.0 Å². The van der Waals surface area contributed by atoms with Gasteiger partial charge in [-0.2, -0.15) is 0 Å².